The van der Waals surface area contributed by atoms with Gasteiger partial charge < -0.3 is 9.52 Å². The van der Waals surface area contributed by atoms with Gasteiger partial charge in [-0.25, -0.2) is 0 Å². The largest absolute Gasteiger partial charge is 0.466 e. The number of hydrogen-bond donors (Lipinski definition) is 1. The van der Waals surface area contributed by atoms with Gasteiger partial charge in [0.2, 0.25) is 0 Å². The van der Waals surface area contributed by atoms with Crippen molar-refractivity contribution in [2.45, 2.75) is 25.9 Å². The fourth-order valence-corrected chi connectivity index (χ4v) is 0.982. The highest BCUT2D eigenvalue weighted by molar-refractivity contribution is 5.06. The minimum absolute atomic E-state index is 0.559. The SMILES string of the molecule is C#CC(O)CCc1ccc(C)o1. The molecule has 1 heterocycles. The molecule has 1 rings (SSSR count). The predicted octanol–water partition coefficient (Wildman–Crippen LogP) is 1.51. The Kier molecular flexibility index (Phi) is 2.95. The molecule has 1 atom stereocenters. The van der Waals surface area contributed by atoms with Crippen molar-refractivity contribution < 1.29 is 9.52 Å². The Balaban J connectivity index is 2.39. The van der Waals surface area contributed by atoms with Crippen LogP contribution in [0, 0.1) is 19.3 Å². The fourth-order valence-electron chi connectivity index (χ4n) is 0.982. The summed E-state index contributed by atoms with van der Waals surface area (Å²) in [7, 11) is 0. The van der Waals surface area contributed by atoms with Crippen LogP contribution in [0.2, 0.25) is 0 Å². The summed E-state index contributed by atoms with van der Waals surface area (Å²) in [4.78, 5) is 0. The quantitative estimate of drug-likeness (QED) is 0.687. The van der Waals surface area contributed by atoms with Crippen molar-refractivity contribution in [1.82, 2.24) is 0 Å². The van der Waals surface area contributed by atoms with Crippen LogP contribution in [-0.2, 0) is 6.42 Å². The highest BCUT2D eigenvalue weighted by Crippen LogP contribution is 2.09. The number of furan rings is 1. The topological polar surface area (TPSA) is 33.4 Å². The highest BCUT2D eigenvalue weighted by Gasteiger charge is 2.02. The smallest absolute Gasteiger partial charge is 0.114 e. The Labute approximate surface area is 72.2 Å². The van der Waals surface area contributed by atoms with Gasteiger partial charge in [-0.15, -0.1) is 6.42 Å². The fraction of sp³-hybridized carbons (Fsp3) is 0.400. The third-order valence-corrected chi connectivity index (χ3v) is 1.65. The first-order valence-electron chi connectivity index (χ1n) is 3.92. The van der Waals surface area contributed by atoms with E-state index in [2.05, 4.69) is 5.92 Å². The van der Waals surface area contributed by atoms with E-state index in [-0.39, 0.29) is 0 Å². The van der Waals surface area contributed by atoms with Gasteiger partial charge in [0.25, 0.3) is 0 Å². The summed E-state index contributed by atoms with van der Waals surface area (Å²) in [5, 5.41) is 9.05. The molecule has 0 aromatic carbocycles. The highest BCUT2D eigenvalue weighted by atomic mass is 16.3. The average Bonchev–Trinajstić information content (AvgIpc) is 2.47. The van der Waals surface area contributed by atoms with Crippen LogP contribution in [-0.4, -0.2) is 11.2 Å². The number of terminal acetylenes is 1. The minimum atomic E-state index is -0.657. The molecular weight excluding hydrogens is 152 g/mol. The van der Waals surface area contributed by atoms with Gasteiger partial charge in [0.15, 0.2) is 0 Å². The summed E-state index contributed by atoms with van der Waals surface area (Å²) in [5.41, 5.74) is 0. The molecule has 0 aliphatic rings. The van der Waals surface area contributed by atoms with Gasteiger partial charge in [0.1, 0.15) is 17.6 Å². The summed E-state index contributed by atoms with van der Waals surface area (Å²) < 4.78 is 5.30. The Bertz CT molecular complexity index is 280. The predicted molar refractivity (Wildman–Crippen MR) is 46.6 cm³/mol. The van der Waals surface area contributed by atoms with Crippen LogP contribution in [0.15, 0.2) is 16.5 Å². The Morgan fingerprint density at radius 2 is 2.42 bits per heavy atom. The monoisotopic (exact) mass is 164 g/mol. The van der Waals surface area contributed by atoms with Crippen molar-refractivity contribution in [3.63, 3.8) is 0 Å². The molecule has 0 amide bonds. The van der Waals surface area contributed by atoms with E-state index in [1.807, 2.05) is 19.1 Å². The number of hydrogen-bond acceptors (Lipinski definition) is 2. The number of aryl methyl sites for hydroxylation is 2. The molecular formula is C10H12O2. The van der Waals surface area contributed by atoms with E-state index in [9.17, 15) is 0 Å². The van der Waals surface area contributed by atoms with Gasteiger partial charge in [-0.1, -0.05) is 5.92 Å². The molecule has 0 spiro atoms. The van der Waals surface area contributed by atoms with Gasteiger partial charge >= 0.3 is 0 Å². The summed E-state index contributed by atoms with van der Waals surface area (Å²) in [6, 6.07) is 3.80. The minimum Gasteiger partial charge on any atom is -0.466 e. The van der Waals surface area contributed by atoms with Crippen molar-refractivity contribution in [3.8, 4) is 12.3 Å². The van der Waals surface area contributed by atoms with E-state index in [1.54, 1.807) is 0 Å². The Morgan fingerprint density at radius 3 is 2.92 bits per heavy atom. The van der Waals surface area contributed by atoms with E-state index < -0.39 is 6.10 Å². The van der Waals surface area contributed by atoms with E-state index in [4.69, 9.17) is 15.9 Å². The zero-order valence-electron chi connectivity index (χ0n) is 7.08. The van der Waals surface area contributed by atoms with Crippen LogP contribution >= 0.6 is 0 Å². The number of rotatable bonds is 3. The van der Waals surface area contributed by atoms with E-state index in [0.29, 0.717) is 12.8 Å². The lowest BCUT2D eigenvalue weighted by Gasteiger charge is -1.99. The lowest BCUT2D eigenvalue weighted by atomic mass is 10.2. The van der Waals surface area contributed by atoms with Crippen molar-refractivity contribution >= 4 is 0 Å². The molecule has 2 nitrogen and oxygen atoms in total. The van der Waals surface area contributed by atoms with Crippen molar-refractivity contribution in [3.05, 3.63) is 23.7 Å². The molecule has 1 aromatic heterocycles. The summed E-state index contributed by atoms with van der Waals surface area (Å²) >= 11 is 0. The zero-order valence-corrected chi connectivity index (χ0v) is 7.08. The molecule has 0 saturated heterocycles. The summed E-state index contributed by atoms with van der Waals surface area (Å²) in [6.07, 6.45) is 5.61. The van der Waals surface area contributed by atoms with Gasteiger partial charge in [-0.2, -0.15) is 0 Å². The van der Waals surface area contributed by atoms with Crippen LogP contribution in [0.3, 0.4) is 0 Å². The van der Waals surface area contributed by atoms with Gasteiger partial charge in [0, 0.05) is 6.42 Å². The molecule has 0 bridgehead atoms. The van der Waals surface area contributed by atoms with Crippen LogP contribution in [0.25, 0.3) is 0 Å². The zero-order chi connectivity index (χ0) is 8.97. The van der Waals surface area contributed by atoms with Crippen LogP contribution in [0.4, 0.5) is 0 Å². The van der Waals surface area contributed by atoms with Crippen molar-refractivity contribution in [2.75, 3.05) is 0 Å². The summed E-state index contributed by atoms with van der Waals surface area (Å²) in [5.74, 6) is 4.02. The first-order valence-corrected chi connectivity index (χ1v) is 3.92. The number of aliphatic hydroxyl groups excluding tert-OH is 1. The maximum absolute atomic E-state index is 9.05. The molecule has 0 aliphatic heterocycles. The van der Waals surface area contributed by atoms with E-state index in [1.165, 1.54) is 0 Å². The van der Waals surface area contributed by atoms with Crippen LogP contribution in [0.5, 0.6) is 0 Å². The van der Waals surface area contributed by atoms with E-state index in [0.717, 1.165) is 11.5 Å². The first-order chi connectivity index (χ1) is 5.72. The lowest BCUT2D eigenvalue weighted by Crippen LogP contribution is -2.03. The molecule has 64 valence electrons. The third kappa shape index (κ3) is 2.44. The summed E-state index contributed by atoms with van der Waals surface area (Å²) in [6.45, 7) is 1.89. The first kappa shape index (κ1) is 8.89. The number of aliphatic hydroxyl groups is 1. The molecule has 0 saturated carbocycles. The Hall–Kier alpha value is -1.20. The second kappa shape index (κ2) is 3.99. The molecule has 1 N–H and O–H groups in total. The standard InChI is InChI=1S/C10H12O2/c1-3-9(11)5-7-10-6-4-8(2)12-10/h1,4,6,9,11H,5,7H2,2H3. The molecule has 0 radical (unpaired) electrons. The van der Waals surface area contributed by atoms with Crippen molar-refractivity contribution in [1.29, 1.82) is 0 Å². The van der Waals surface area contributed by atoms with Gasteiger partial charge in [0.05, 0.1) is 0 Å². The molecule has 0 fully saturated rings. The molecule has 2 heteroatoms. The van der Waals surface area contributed by atoms with Gasteiger partial charge in [-0.05, 0) is 25.5 Å². The Morgan fingerprint density at radius 1 is 1.67 bits per heavy atom. The molecule has 1 unspecified atom stereocenters. The maximum Gasteiger partial charge on any atom is 0.114 e. The van der Waals surface area contributed by atoms with E-state index >= 15 is 0 Å². The van der Waals surface area contributed by atoms with Crippen LogP contribution < -0.4 is 0 Å². The normalized spacial score (nSPS) is 12.4. The lowest BCUT2D eigenvalue weighted by molar-refractivity contribution is 0.219. The maximum atomic E-state index is 9.05. The van der Waals surface area contributed by atoms with Gasteiger partial charge in [-0.3, -0.25) is 0 Å². The second-order valence-electron chi connectivity index (χ2n) is 2.73. The molecule has 12 heavy (non-hydrogen) atoms. The third-order valence-electron chi connectivity index (χ3n) is 1.65. The van der Waals surface area contributed by atoms with Crippen molar-refractivity contribution in [2.24, 2.45) is 0 Å². The van der Waals surface area contributed by atoms with Crippen LogP contribution in [0.1, 0.15) is 17.9 Å². The molecule has 1 aromatic rings. The second-order valence-corrected chi connectivity index (χ2v) is 2.73. The average molecular weight is 164 g/mol. The molecule has 0 aliphatic carbocycles.